The molecule has 0 saturated carbocycles. The smallest absolute Gasteiger partial charge is 0.410 e. The van der Waals surface area contributed by atoms with E-state index in [-0.39, 0.29) is 6.09 Å². The number of nitrogens with one attached hydrogen (secondary N) is 2. The molecular formula is C19H30F2N4O2. The number of rotatable bonds is 1. The van der Waals surface area contributed by atoms with Gasteiger partial charge in [-0.3, -0.25) is 0 Å². The summed E-state index contributed by atoms with van der Waals surface area (Å²) in [5, 5.41) is 6.44. The molecule has 0 spiro atoms. The number of benzene rings is 1. The molecule has 2 aliphatic rings. The van der Waals surface area contributed by atoms with Gasteiger partial charge in [0.05, 0.1) is 0 Å². The van der Waals surface area contributed by atoms with Crippen LogP contribution in [0.15, 0.2) is 18.2 Å². The van der Waals surface area contributed by atoms with Gasteiger partial charge in [-0.15, -0.1) is 0 Å². The molecule has 2 fully saturated rings. The highest BCUT2D eigenvalue weighted by Crippen LogP contribution is 2.20. The van der Waals surface area contributed by atoms with Crippen molar-refractivity contribution in [3.05, 3.63) is 29.8 Å². The third kappa shape index (κ3) is 7.68. The van der Waals surface area contributed by atoms with Gasteiger partial charge in [0.25, 0.3) is 0 Å². The maximum Gasteiger partial charge on any atom is 0.410 e. The van der Waals surface area contributed by atoms with Crippen molar-refractivity contribution in [2.75, 3.05) is 57.3 Å². The number of piperazine rings is 2. The largest absolute Gasteiger partial charge is 0.444 e. The van der Waals surface area contributed by atoms with Gasteiger partial charge < -0.3 is 25.2 Å². The summed E-state index contributed by atoms with van der Waals surface area (Å²) < 4.78 is 31.7. The number of carbonyl (C=O) groups excluding carboxylic acids is 1. The summed E-state index contributed by atoms with van der Waals surface area (Å²) in [7, 11) is 0. The van der Waals surface area contributed by atoms with Crippen molar-refractivity contribution in [1.29, 1.82) is 0 Å². The minimum atomic E-state index is -0.598. The zero-order chi connectivity index (χ0) is 19.9. The van der Waals surface area contributed by atoms with E-state index in [1.807, 2.05) is 25.7 Å². The Balaban J connectivity index is 0.000000369. The van der Waals surface area contributed by atoms with Gasteiger partial charge in [-0.05, 0) is 32.9 Å². The molecule has 0 aromatic heterocycles. The van der Waals surface area contributed by atoms with Gasteiger partial charge in [-0.1, -0.05) is 0 Å². The van der Waals surface area contributed by atoms with E-state index >= 15 is 0 Å². The number of hydrogen-bond donors (Lipinski definition) is 2. The van der Waals surface area contributed by atoms with E-state index in [0.29, 0.717) is 31.9 Å². The van der Waals surface area contributed by atoms with Crippen LogP contribution in [0.5, 0.6) is 0 Å². The number of ether oxygens (including phenoxy) is 1. The van der Waals surface area contributed by atoms with Crippen LogP contribution in [0.1, 0.15) is 20.8 Å². The minimum absolute atomic E-state index is 0.354. The zero-order valence-electron chi connectivity index (χ0n) is 16.4. The molecule has 0 atom stereocenters. The Kier molecular flexibility index (Phi) is 7.79. The molecular weight excluding hydrogens is 354 g/mol. The van der Waals surface area contributed by atoms with Crippen molar-refractivity contribution < 1.29 is 18.3 Å². The van der Waals surface area contributed by atoms with Crippen LogP contribution in [0.4, 0.5) is 19.3 Å². The van der Waals surface area contributed by atoms with Crippen molar-refractivity contribution in [3.8, 4) is 0 Å². The summed E-state index contributed by atoms with van der Waals surface area (Å²) in [6.45, 7) is 12.0. The van der Waals surface area contributed by atoms with Gasteiger partial charge in [-0.25, -0.2) is 13.6 Å². The molecule has 3 rings (SSSR count). The van der Waals surface area contributed by atoms with Crippen LogP contribution in [0, 0.1) is 11.6 Å². The number of amides is 1. The lowest BCUT2D eigenvalue weighted by Gasteiger charge is -2.36. The van der Waals surface area contributed by atoms with Gasteiger partial charge in [0.2, 0.25) is 0 Å². The summed E-state index contributed by atoms with van der Waals surface area (Å²) in [5.74, 6) is -1.20. The molecule has 0 unspecified atom stereocenters. The van der Waals surface area contributed by atoms with Crippen molar-refractivity contribution in [3.63, 3.8) is 0 Å². The van der Waals surface area contributed by atoms with E-state index in [0.717, 1.165) is 32.2 Å². The summed E-state index contributed by atoms with van der Waals surface area (Å²) in [6.07, 6.45) is -0.354. The average molecular weight is 384 g/mol. The summed E-state index contributed by atoms with van der Waals surface area (Å²) >= 11 is 0. The van der Waals surface area contributed by atoms with E-state index in [9.17, 15) is 13.6 Å². The quantitative estimate of drug-likeness (QED) is 0.778. The Morgan fingerprint density at radius 2 is 1.41 bits per heavy atom. The van der Waals surface area contributed by atoms with Crippen molar-refractivity contribution in [2.45, 2.75) is 26.4 Å². The molecule has 8 heteroatoms. The van der Waals surface area contributed by atoms with Crippen LogP contribution in [-0.2, 0) is 4.74 Å². The first-order valence-corrected chi connectivity index (χ1v) is 9.35. The highest BCUT2D eigenvalue weighted by atomic mass is 19.1. The third-order valence-corrected chi connectivity index (χ3v) is 4.10. The number of anilines is 1. The highest BCUT2D eigenvalue weighted by Gasteiger charge is 2.26. The molecule has 2 saturated heterocycles. The fourth-order valence-electron chi connectivity index (χ4n) is 2.80. The molecule has 1 amide bonds. The van der Waals surface area contributed by atoms with Crippen molar-refractivity contribution in [2.24, 2.45) is 0 Å². The first kappa shape index (κ1) is 21.4. The number of hydrogen-bond acceptors (Lipinski definition) is 5. The average Bonchev–Trinajstić information content (AvgIpc) is 2.62. The molecule has 2 N–H and O–H groups in total. The van der Waals surface area contributed by atoms with Crippen molar-refractivity contribution >= 4 is 11.8 Å². The summed E-state index contributed by atoms with van der Waals surface area (Å²) in [4.78, 5) is 15.4. The van der Waals surface area contributed by atoms with E-state index in [1.54, 1.807) is 4.90 Å². The molecule has 27 heavy (non-hydrogen) atoms. The number of halogens is 2. The monoisotopic (exact) mass is 384 g/mol. The van der Waals surface area contributed by atoms with E-state index in [1.165, 1.54) is 12.1 Å². The predicted molar refractivity (Wildman–Crippen MR) is 102 cm³/mol. The van der Waals surface area contributed by atoms with E-state index in [2.05, 4.69) is 10.6 Å². The standard InChI is InChI=1S/C15H20F2N2O2.C4H10N2/c1-15(2,3)21-14(20)19-6-4-18(5-7-19)13-9-11(16)8-12(17)10-13;1-2-6-4-3-5-1/h8-10H,4-7H2,1-3H3;5-6H,1-4H2. The van der Waals surface area contributed by atoms with Crippen LogP contribution in [0.25, 0.3) is 0 Å². The second kappa shape index (κ2) is 9.85. The molecule has 1 aromatic rings. The Morgan fingerprint density at radius 1 is 0.926 bits per heavy atom. The van der Waals surface area contributed by atoms with Gasteiger partial charge in [0.1, 0.15) is 17.2 Å². The Labute approximate surface area is 159 Å². The van der Waals surface area contributed by atoms with Crippen LogP contribution in [0.2, 0.25) is 0 Å². The lowest BCUT2D eigenvalue weighted by Crippen LogP contribution is -2.50. The summed E-state index contributed by atoms with van der Waals surface area (Å²) in [5.41, 5.74) is -0.0313. The fourth-order valence-corrected chi connectivity index (χ4v) is 2.80. The van der Waals surface area contributed by atoms with Crippen LogP contribution in [-0.4, -0.2) is 69.0 Å². The van der Waals surface area contributed by atoms with Gasteiger partial charge >= 0.3 is 6.09 Å². The molecule has 2 aliphatic heterocycles. The second-order valence-corrected chi connectivity index (χ2v) is 7.58. The van der Waals surface area contributed by atoms with Crippen LogP contribution in [0.3, 0.4) is 0 Å². The van der Waals surface area contributed by atoms with Gasteiger partial charge in [0, 0.05) is 64.1 Å². The fraction of sp³-hybridized carbons (Fsp3) is 0.632. The normalized spacial score (nSPS) is 17.8. The van der Waals surface area contributed by atoms with Crippen molar-refractivity contribution in [1.82, 2.24) is 15.5 Å². The first-order chi connectivity index (χ1) is 12.7. The predicted octanol–water partition coefficient (Wildman–Crippen LogP) is 2.20. The molecule has 0 bridgehead atoms. The first-order valence-electron chi connectivity index (χ1n) is 9.35. The molecule has 152 valence electrons. The molecule has 1 aromatic carbocycles. The number of nitrogens with zero attached hydrogens (tertiary/aromatic N) is 2. The highest BCUT2D eigenvalue weighted by molar-refractivity contribution is 5.68. The third-order valence-electron chi connectivity index (χ3n) is 4.10. The molecule has 0 radical (unpaired) electrons. The van der Waals surface area contributed by atoms with Gasteiger partial charge in [0.15, 0.2) is 0 Å². The minimum Gasteiger partial charge on any atom is -0.444 e. The molecule has 6 nitrogen and oxygen atoms in total. The Morgan fingerprint density at radius 3 is 1.81 bits per heavy atom. The maximum atomic E-state index is 13.2. The topological polar surface area (TPSA) is 56.8 Å². The van der Waals surface area contributed by atoms with E-state index < -0.39 is 17.2 Å². The summed E-state index contributed by atoms with van der Waals surface area (Å²) in [6, 6.07) is 3.44. The van der Waals surface area contributed by atoms with Gasteiger partial charge in [-0.2, -0.15) is 0 Å². The maximum absolute atomic E-state index is 13.2. The van der Waals surface area contributed by atoms with Crippen LogP contribution >= 0.6 is 0 Å². The van der Waals surface area contributed by atoms with Crippen LogP contribution < -0.4 is 15.5 Å². The lowest BCUT2D eigenvalue weighted by atomic mass is 10.2. The van der Waals surface area contributed by atoms with E-state index in [4.69, 9.17) is 4.74 Å². The molecule has 2 heterocycles. The molecule has 0 aliphatic carbocycles. The SMILES string of the molecule is C1CNCCN1.CC(C)(C)OC(=O)N1CCN(c2cc(F)cc(F)c2)CC1. The zero-order valence-corrected chi connectivity index (χ0v) is 16.4. The lowest BCUT2D eigenvalue weighted by molar-refractivity contribution is 0.0240. The Bertz CT molecular complexity index is 578. The Hall–Kier alpha value is -1.93. The second-order valence-electron chi connectivity index (χ2n) is 7.58. The number of carbonyl (C=O) groups is 1.